The van der Waals surface area contributed by atoms with Gasteiger partial charge in [-0.3, -0.25) is 0 Å². The van der Waals surface area contributed by atoms with Crippen LogP contribution in [0.3, 0.4) is 0 Å². The molecule has 0 aliphatic heterocycles. The highest BCUT2D eigenvalue weighted by molar-refractivity contribution is 5.75. The van der Waals surface area contributed by atoms with Crippen LogP contribution in [0.2, 0.25) is 0 Å². The summed E-state index contributed by atoms with van der Waals surface area (Å²) in [5, 5.41) is 13.0. The molecule has 0 amide bonds. The topological polar surface area (TPSA) is 48.7 Å². The first-order valence-corrected chi connectivity index (χ1v) is 7.59. The molecule has 0 saturated heterocycles. The molecule has 1 heterocycles. The van der Waals surface area contributed by atoms with Crippen molar-refractivity contribution in [3.63, 3.8) is 0 Å². The maximum Gasteiger partial charge on any atom is 0.144 e. The van der Waals surface area contributed by atoms with E-state index < -0.39 is 0 Å². The Labute approximate surface area is 125 Å². The summed E-state index contributed by atoms with van der Waals surface area (Å²) >= 11 is 0. The van der Waals surface area contributed by atoms with E-state index >= 15 is 0 Å². The molecule has 2 aromatic rings. The zero-order valence-electron chi connectivity index (χ0n) is 12.0. The predicted molar refractivity (Wildman–Crippen MR) is 84.9 cm³/mol. The van der Waals surface area contributed by atoms with Crippen LogP contribution in [0.25, 0.3) is 11.1 Å². The second kappa shape index (κ2) is 6.41. The van der Waals surface area contributed by atoms with Crippen molar-refractivity contribution >= 4 is 5.82 Å². The van der Waals surface area contributed by atoms with Crippen LogP contribution in [0.15, 0.2) is 42.6 Å². The van der Waals surface area contributed by atoms with Crippen molar-refractivity contribution in [2.24, 2.45) is 0 Å². The van der Waals surface area contributed by atoms with E-state index in [-0.39, 0.29) is 0 Å². The van der Waals surface area contributed by atoms with Gasteiger partial charge in [0.15, 0.2) is 0 Å². The molecule has 1 aromatic heterocycles. The summed E-state index contributed by atoms with van der Waals surface area (Å²) in [4.78, 5) is 4.40. The lowest BCUT2D eigenvalue weighted by Crippen LogP contribution is -2.23. The number of aromatic nitrogens is 1. The van der Waals surface area contributed by atoms with E-state index in [1.165, 1.54) is 32.1 Å². The lowest BCUT2D eigenvalue weighted by atomic mass is 9.95. The second-order valence-corrected chi connectivity index (χ2v) is 5.54. The van der Waals surface area contributed by atoms with E-state index in [9.17, 15) is 5.26 Å². The molecule has 0 bridgehead atoms. The fourth-order valence-corrected chi connectivity index (χ4v) is 2.98. The molecule has 0 atom stereocenters. The van der Waals surface area contributed by atoms with E-state index in [0.717, 1.165) is 16.9 Å². The smallest absolute Gasteiger partial charge is 0.144 e. The molecule has 3 heteroatoms. The van der Waals surface area contributed by atoms with Gasteiger partial charge in [-0.25, -0.2) is 4.98 Å². The zero-order chi connectivity index (χ0) is 14.5. The Morgan fingerprint density at radius 3 is 2.52 bits per heavy atom. The van der Waals surface area contributed by atoms with Crippen molar-refractivity contribution < 1.29 is 0 Å². The molecule has 1 aliphatic carbocycles. The highest BCUT2D eigenvalue weighted by Crippen LogP contribution is 2.29. The minimum absolute atomic E-state index is 0.448. The number of hydrogen-bond donors (Lipinski definition) is 1. The summed E-state index contributed by atoms with van der Waals surface area (Å²) in [5.74, 6) is 0.728. The first-order chi connectivity index (χ1) is 10.4. The van der Waals surface area contributed by atoms with Crippen LogP contribution in [0.4, 0.5) is 5.82 Å². The summed E-state index contributed by atoms with van der Waals surface area (Å²) in [5.41, 5.74) is 2.66. The largest absolute Gasteiger partial charge is 0.366 e. The highest BCUT2D eigenvalue weighted by atomic mass is 15.0. The normalized spacial score (nSPS) is 15.4. The van der Waals surface area contributed by atoms with Gasteiger partial charge in [0.2, 0.25) is 0 Å². The first kappa shape index (κ1) is 13.6. The first-order valence-electron chi connectivity index (χ1n) is 7.59. The molecule has 1 aromatic carbocycles. The van der Waals surface area contributed by atoms with E-state index in [1.807, 2.05) is 36.4 Å². The standard InChI is InChI=1S/C18H19N3/c19-13-17-16(14-7-3-1-4-8-14)11-12-20-18(17)21-15-9-5-2-6-10-15/h1,3-4,7-8,11-12,15H,2,5-6,9-10H2,(H,20,21). The minimum Gasteiger partial charge on any atom is -0.366 e. The molecular weight excluding hydrogens is 258 g/mol. The fraction of sp³-hybridized carbons (Fsp3) is 0.333. The van der Waals surface area contributed by atoms with Gasteiger partial charge in [-0.2, -0.15) is 5.26 Å². The Morgan fingerprint density at radius 2 is 1.81 bits per heavy atom. The van der Waals surface area contributed by atoms with E-state index in [1.54, 1.807) is 6.20 Å². The van der Waals surface area contributed by atoms with Gasteiger partial charge in [-0.1, -0.05) is 49.6 Å². The van der Waals surface area contributed by atoms with Gasteiger partial charge in [-0.15, -0.1) is 0 Å². The van der Waals surface area contributed by atoms with Crippen molar-refractivity contribution in [1.29, 1.82) is 5.26 Å². The number of anilines is 1. The van der Waals surface area contributed by atoms with Crippen molar-refractivity contribution in [3.8, 4) is 17.2 Å². The molecule has 1 N–H and O–H groups in total. The maximum atomic E-state index is 9.56. The third-order valence-electron chi connectivity index (χ3n) is 4.09. The Kier molecular flexibility index (Phi) is 4.16. The van der Waals surface area contributed by atoms with Crippen molar-refractivity contribution in [3.05, 3.63) is 48.2 Å². The maximum absolute atomic E-state index is 9.56. The van der Waals surface area contributed by atoms with Gasteiger partial charge in [0.1, 0.15) is 17.5 Å². The highest BCUT2D eigenvalue weighted by Gasteiger charge is 2.17. The van der Waals surface area contributed by atoms with Crippen LogP contribution in [0.5, 0.6) is 0 Å². The van der Waals surface area contributed by atoms with Crippen LogP contribution < -0.4 is 5.32 Å². The third-order valence-corrected chi connectivity index (χ3v) is 4.09. The average Bonchev–Trinajstić information content (AvgIpc) is 2.56. The number of rotatable bonds is 3. The third kappa shape index (κ3) is 3.05. The van der Waals surface area contributed by atoms with Crippen LogP contribution >= 0.6 is 0 Å². The molecule has 0 unspecified atom stereocenters. The summed E-state index contributed by atoms with van der Waals surface area (Å²) in [6.45, 7) is 0. The second-order valence-electron chi connectivity index (χ2n) is 5.54. The Bertz CT molecular complexity index is 637. The Hall–Kier alpha value is -2.34. The lowest BCUT2D eigenvalue weighted by molar-refractivity contribution is 0.462. The molecule has 0 radical (unpaired) electrons. The molecule has 1 fully saturated rings. The van der Waals surface area contributed by atoms with Gasteiger partial charge in [0.05, 0.1) is 0 Å². The number of nitrogens with one attached hydrogen (secondary N) is 1. The number of pyridine rings is 1. The van der Waals surface area contributed by atoms with Gasteiger partial charge in [-0.05, 0) is 24.5 Å². The zero-order valence-corrected chi connectivity index (χ0v) is 12.0. The van der Waals surface area contributed by atoms with Crippen LogP contribution in [-0.2, 0) is 0 Å². The lowest BCUT2D eigenvalue weighted by Gasteiger charge is -2.24. The quantitative estimate of drug-likeness (QED) is 0.906. The van der Waals surface area contributed by atoms with Crippen LogP contribution in [-0.4, -0.2) is 11.0 Å². The van der Waals surface area contributed by atoms with Gasteiger partial charge < -0.3 is 5.32 Å². The summed E-state index contributed by atoms with van der Waals surface area (Å²) in [6, 6.07) is 14.7. The van der Waals surface area contributed by atoms with E-state index in [0.29, 0.717) is 11.6 Å². The number of nitriles is 1. The minimum atomic E-state index is 0.448. The average molecular weight is 277 g/mol. The van der Waals surface area contributed by atoms with Gasteiger partial charge in [0, 0.05) is 17.8 Å². The van der Waals surface area contributed by atoms with E-state index in [2.05, 4.69) is 16.4 Å². The summed E-state index contributed by atoms with van der Waals surface area (Å²) in [6.07, 6.45) is 7.97. The van der Waals surface area contributed by atoms with Crippen molar-refractivity contribution in [1.82, 2.24) is 4.98 Å². The molecular formula is C18H19N3. The van der Waals surface area contributed by atoms with Crippen molar-refractivity contribution in [2.75, 3.05) is 5.32 Å². The SMILES string of the molecule is N#Cc1c(-c2ccccc2)ccnc1NC1CCCCC1. The molecule has 1 aliphatic rings. The monoisotopic (exact) mass is 277 g/mol. The Morgan fingerprint density at radius 1 is 1.05 bits per heavy atom. The molecule has 1 saturated carbocycles. The van der Waals surface area contributed by atoms with Gasteiger partial charge >= 0.3 is 0 Å². The molecule has 0 spiro atoms. The number of benzene rings is 1. The number of hydrogen-bond acceptors (Lipinski definition) is 3. The van der Waals surface area contributed by atoms with Crippen LogP contribution in [0, 0.1) is 11.3 Å². The predicted octanol–water partition coefficient (Wildman–Crippen LogP) is 4.36. The van der Waals surface area contributed by atoms with E-state index in [4.69, 9.17) is 0 Å². The Balaban J connectivity index is 1.93. The summed E-state index contributed by atoms with van der Waals surface area (Å²) in [7, 11) is 0. The summed E-state index contributed by atoms with van der Waals surface area (Å²) < 4.78 is 0. The van der Waals surface area contributed by atoms with Crippen LogP contribution in [0.1, 0.15) is 37.7 Å². The van der Waals surface area contributed by atoms with Gasteiger partial charge in [0.25, 0.3) is 0 Å². The number of nitrogens with zero attached hydrogens (tertiary/aromatic N) is 2. The fourth-order valence-electron chi connectivity index (χ4n) is 2.98. The molecule has 3 nitrogen and oxygen atoms in total. The van der Waals surface area contributed by atoms with Crippen molar-refractivity contribution in [2.45, 2.75) is 38.1 Å². The molecule has 21 heavy (non-hydrogen) atoms. The molecule has 3 rings (SSSR count). The molecule has 106 valence electrons.